The van der Waals surface area contributed by atoms with Gasteiger partial charge in [-0.05, 0) is 31.4 Å². The van der Waals surface area contributed by atoms with E-state index in [-0.39, 0.29) is 17.2 Å². The molecule has 1 saturated heterocycles. The standard InChI is InChI=1S/C20H30N2O2/c1-15-6-7-17(16(2)14-15)8-9-18(23)21-10-12-22(13-11-21)19(24)20(3,4)5/h6-7,14H,8-13H2,1-5H3. The van der Waals surface area contributed by atoms with Crippen LogP contribution in [-0.2, 0) is 16.0 Å². The van der Waals surface area contributed by atoms with E-state index in [9.17, 15) is 9.59 Å². The Bertz CT molecular complexity index is 609. The lowest BCUT2D eigenvalue weighted by molar-refractivity contribution is -0.144. The zero-order valence-electron chi connectivity index (χ0n) is 15.7. The predicted octanol–water partition coefficient (Wildman–Crippen LogP) is 2.95. The van der Waals surface area contributed by atoms with Gasteiger partial charge in [-0.1, -0.05) is 44.5 Å². The van der Waals surface area contributed by atoms with Gasteiger partial charge in [0.2, 0.25) is 11.8 Å². The molecule has 0 radical (unpaired) electrons. The second kappa shape index (κ2) is 7.37. The van der Waals surface area contributed by atoms with Gasteiger partial charge in [0, 0.05) is 38.0 Å². The van der Waals surface area contributed by atoms with Crippen LogP contribution in [0.5, 0.6) is 0 Å². The summed E-state index contributed by atoms with van der Waals surface area (Å²) in [5.74, 6) is 0.364. The molecule has 4 nitrogen and oxygen atoms in total. The lowest BCUT2D eigenvalue weighted by atomic mass is 9.94. The van der Waals surface area contributed by atoms with Crippen LogP contribution in [0.25, 0.3) is 0 Å². The molecule has 0 N–H and O–H groups in total. The smallest absolute Gasteiger partial charge is 0.228 e. The summed E-state index contributed by atoms with van der Waals surface area (Å²) >= 11 is 0. The quantitative estimate of drug-likeness (QED) is 0.855. The molecule has 0 atom stereocenters. The fourth-order valence-corrected chi connectivity index (χ4v) is 3.16. The van der Waals surface area contributed by atoms with Gasteiger partial charge in [-0.3, -0.25) is 9.59 Å². The summed E-state index contributed by atoms with van der Waals surface area (Å²) < 4.78 is 0. The summed E-state index contributed by atoms with van der Waals surface area (Å²) in [5, 5.41) is 0. The van der Waals surface area contributed by atoms with Gasteiger partial charge in [0.05, 0.1) is 0 Å². The highest BCUT2D eigenvalue weighted by Gasteiger charge is 2.30. The minimum atomic E-state index is -0.352. The fraction of sp³-hybridized carbons (Fsp3) is 0.600. The third-order valence-corrected chi connectivity index (χ3v) is 4.67. The molecule has 2 amide bonds. The fourth-order valence-electron chi connectivity index (χ4n) is 3.16. The number of hydrogen-bond donors (Lipinski definition) is 0. The maximum atomic E-state index is 12.4. The average Bonchev–Trinajstić information content (AvgIpc) is 2.52. The number of amides is 2. The third-order valence-electron chi connectivity index (χ3n) is 4.67. The highest BCUT2D eigenvalue weighted by Crippen LogP contribution is 2.19. The Labute approximate surface area is 145 Å². The first-order valence-electron chi connectivity index (χ1n) is 8.82. The number of benzene rings is 1. The molecule has 1 heterocycles. The van der Waals surface area contributed by atoms with Gasteiger partial charge >= 0.3 is 0 Å². The molecule has 0 unspecified atom stereocenters. The van der Waals surface area contributed by atoms with Crippen LogP contribution in [0.3, 0.4) is 0 Å². The van der Waals surface area contributed by atoms with Crippen LogP contribution in [-0.4, -0.2) is 47.8 Å². The summed E-state index contributed by atoms with van der Waals surface area (Å²) in [6.07, 6.45) is 1.32. The molecule has 2 rings (SSSR count). The lowest BCUT2D eigenvalue weighted by Gasteiger charge is -2.37. The zero-order chi connectivity index (χ0) is 17.9. The second-order valence-electron chi connectivity index (χ2n) is 7.85. The van der Waals surface area contributed by atoms with E-state index in [0.717, 1.165) is 6.42 Å². The number of carbonyl (C=O) groups excluding carboxylic acids is 2. The van der Waals surface area contributed by atoms with Crippen molar-refractivity contribution < 1.29 is 9.59 Å². The van der Waals surface area contributed by atoms with E-state index in [2.05, 4.69) is 32.0 Å². The number of piperazine rings is 1. The van der Waals surface area contributed by atoms with Crippen LogP contribution in [0, 0.1) is 19.3 Å². The molecule has 1 aliphatic rings. The number of carbonyl (C=O) groups is 2. The van der Waals surface area contributed by atoms with E-state index in [1.165, 1.54) is 16.7 Å². The minimum Gasteiger partial charge on any atom is -0.339 e. The van der Waals surface area contributed by atoms with Crippen molar-refractivity contribution >= 4 is 11.8 Å². The first kappa shape index (κ1) is 18.5. The predicted molar refractivity (Wildman–Crippen MR) is 96.9 cm³/mol. The molecule has 4 heteroatoms. The van der Waals surface area contributed by atoms with Crippen LogP contribution in [0.1, 0.15) is 43.9 Å². The maximum Gasteiger partial charge on any atom is 0.228 e. The number of nitrogens with zero attached hydrogens (tertiary/aromatic N) is 2. The van der Waals surface area contributed by atoms with E-state index in [1.54, 1.807) is 0 Å². The molecule has 0 saturated carbocycles. The topological polar surface area (TPSA) is 40.6 Å². The van der Waals surface area contributed by atoms with E-state index >= 15 is 0 Å². The van der Waals surface area contributed by atoms with E-state index in [1.807, 2.05) is 30.6 Å². The molecular weight excluding hydrogens is 300 g/mol. The zero-order valence-corrected chi connectivity index (χ0v) is 15.7. The van der Waals surface area contributed by atoms with E-state index < -0.39 is 0 Å². The monoisotopic (exact) mass is 330 g/mol. The molecule has 1 aromatic rings. The van der Waals surface area contributed by atoms with Gasteiger partial charge in [-0.15, -0.1) is 0 Å². The first-order valence-corrected chi connectivity index (χ1v) is 8.82. The van der Waals surface area contributed by atoms with Crippen molar-refractivity contribution in [3.8, 4) is 0 Å². The largest absolute Gasteiger partial charge is 0.339 e. The molecule has 0 spiro atoms. The summed E-state index contributed by atoms with van der Waals surface area (Å²) in [6, 6.07) is 6.39. The molecule has 0 aromatic heterocycles. The molecule has 0 bridgehead atoms. The van der Waals surface area contributed by atoms with Crippen LogP contribution in [0.4, 0.5) is 0 Å². The van der Waals surface area contributed by atoms with Gasteiger partial charge < -0.3 is 9.80 Å². The Morgan fingerprint density at radius 2 is 1.58 bits per heavy atom. The molecule has 1 aliphatic heterocycles. The van der Waals surface area contributed by atoms with Crippen molar-refractivity contribution in [2.75, 3.05) is 26.2 Å². The van der Waals surface area contributed by atoms with Gasteiger partial charge in [0.15, 0.2) is 0 Å². The lowest BCUT2D eigenvalue weighted by Crippen LogP contribution is -2.53. The van der Waals surface area contributed by atoms with Crippen molar-refractivity contribution in [3.63, 3.8) is 0 Å². The molecular formula is C20H30N2O2. The highest BCUT2D eigenvalue weighted by molar-refractivity contribution is 5.82. The summed E-state index contributed by atoms with van der Waals surface area (Å²) in [6.45, 7) is 12.6. The minimum absolute atomic E-state index is 0.171. The average molecular weight is 330 g/mol. The van der Waals surface area contributed by atoms with Crippen molar-refractivity contribution in [2.24, 2.45) is 5.41 Å². The van der Waals surface area contributed by atoms with Gasteiger partial charge in [0.1, 0.15) is 0 Å². The number of rotatable bonds is 3. The van der Waals surface area contributed by atoms with E-state index in [0.29, 0.717) is 32.6 Å². The molecule has 24 heavy (non-hydrogen) atoms. The van der Waals surface area contributed by atoms with Crippen molar-refractivity contribution in [2.45, 2.75) is 47.5 Å². The van der Waals surface area contributed by atoms with Crippen LogP contribution >= 0.6 is 0 Å². The molecule has 1 aromatic carbocycles. The third kappa shape index (κ3) is 4.59. The van der Waals surface area contributed by atoms with Crippen LogP contribution < -0.4 is 0 Å². The first-order chi connectivity index (χ1) is 11.2. The normalized spacial score (nSPS) is 15.5. The number of hydrogen-bond acceptors (Lipinski definition) is 2. The van der Waals surface area contributed by atoms with Crippen LogP contribution in [0.15, 0.2) is 18.2 Å². The Morgan fingerprint density at radius 1 is 1.00 bits per heavy atom. The van der Waals surface area contributed by atoms with Gasteiger partial charge in [-0.25, -0.2) is 0 Å². The Morgan fingerprint density at radius 3 is 2.12 bits per heavy atom. The Balaban J connectivity index is 1.84. The Hall–Kier alpha value is -1.84. The van der Waals surface area contributed by atoms with Crippen molar-refractivity contribution in [1.29, 1.82) is 0 Å². The summed E-state index contributed by atoms with van der Waals surface area (Å²) in [5.41, 5.74) is 3.40. The van der Waals surface area contributed by atoms with E-state index in [4.69, 9.17) is 0 Å². The molecule has 132 valence electrons. The SMILES string of the molecule is Cc1ccc(CCC(=O)N2CCN(C(=O)C(C)(C)C)CC2)c(C)c1. The molecule has 0 aliphatic carbocycles. The van der Waals surface area contributed by atoms with Crippen molar-refractivity contribution in [3.05, 3.63) is 34.9 Å². The summed E-state index contributed by atoms with van der Waals surface area (Å²) in [4.78, 5) is 28.5. The van der Waals surface area contributed by atoms with Crippen molar-refractivity contribution in [1.82, 2.24) is 9.80 Å². The Kier molecular flexibility index (Phi) is 5.68. The molecule has 1 fully saturated rings. The van der Waals surface area contributed by atoms with Gasteiger partial charge in [0.25, 0.3) is 0 Å². The van der Waals surface area contributed by atoms with Crippen LogP contribution in [0.2, 0.25) is 0 Å². The van der Waals surface area contributed by atoms with Gasteiger partial charge in [-0.2, -0.15) is 0 Å². The maximum absolute atomic E-state index is 12.4. The highest BCUT2D eigenvalue weighted by atomic mass is 16.2. The number of aryl methyl sites for hydroxylation is 3. The summed E-state index contributed by atoms with van der Waals surface area (Å²) in [7, 11) is 0. The second-order valence-corrected chi connectivity index (χ2v) is 7.85.